The first-order valence-corrected chi connectivity index (χ1v) is 10.5. The molecule has 0 aliphatic carbocycles. The van der Waals surface area contributed by atoms with E-state index >= 15 is 0 Å². The highest BCUT2D eigenvalue weighted by Gasteiger charge is 2.21. The summed E-state index contributed by atoms with van der Waals surface area (Å²) in [6.07, 6.45) is 4.72. The summed E-state index contributed by atoms with van der Waals surface area (Å²) in [7, 11) is 2.03. The van der Waals surface area contributed by atoms with Gasteiger partial charge in [0.25, 0.3) is 0 Å². The van der Waals surface area contributed by atoms with Crippen molar-refractivity contribution in [3.63, 3.8) is 0 Å². The van der Waals surface area contributed by atoms with Gasteiger partial charge in [0.15, 0.2) is 0 Å². The van der Waals surface area contributed by atoms with E-state index in [0.29, 0.717) is 12.3 Å². The van der Waals surface area contributed by atoms with Crippen LogP contribution in [0.5, 0.6) is 0 Å². The maximum Gasteiger partial charge on any atom is 0.224 e. The number of para-hydroxylation sites is 1. The number of hydrogen-bond acceptors (Lipinski definition) is 3. The Morgan fingerprint density at radius 2 is 1.83 bits per heavy atom. The van der Waals surface area contributed by atoms with Crippen molar-refractivity contribution in [2.24, 2.45) is 13.0 Å². The fraction of sp³-hybridized carbons (Fsp3) is 0.417. The van der Waals surface area contributed by atoms with Gasteiger partial charge in [0.2, 0.25) is 5.91 Å². The zero-order valence-electron chi connectivity index (χ0n) is 17.6. The summed E-state index contributed by atoms with van der Waals surface area (Å²) in [5.41, 5.74) is 5.68. The maximum absolute atomic E-state index is 12.5. The second-order valence-electron chi connectivity index (χ2n) is 8.30. The summed E-state index contributed by atoms with van der Waals surface area (Å²) >= 11 is 0. The molecule has 0 bridgehead atoms. The van der Waals surface area contributed by atoms with E-state index in [1.54, 1.807) is 0 Å². The smallest absolute Gasteiger partial charge is 0.224 e. The molecule has 0 radical (unpaired) electrons. The Balaban J connectivity index is 1.28. The molecule has 0 saturated carbocycles. The SMILES string of the molecule is Cc1cc(N2CCC(CNC(=O)Cc3cn(C)c4ccccc34)CC2)cc(C)n1. The van der Waals surface area contributed by atoms with Crippen molar-refractivity contribution in [3.05, 3.63) is 59.5 Å². The molecule has 152 valence electrons. The number of nitrogens with zero attached hydrogens (tertiary/aromatic N) is 3. The molecule has 1 aliphatic rings. The number of aromatic nitrogens is 2. The van der Waals surface area contributed by atoms with Crippen molar-refractivity contribution in [1.29, 1.82) is 0 Å². The van der Waals surface area contributed by atoms with Crippen LogP contribution in [0.1, 0.15) is 29.8 Å². The Bertz CT molecular complexity index is 995. The molecule has 29 heavy (non-hydrogen) atoms. The predicted octanol–water partition coefficient (Wildman–Crippen LogP) is 3.77. The second kappa shape index (κ2) is 8.27. The first kappa shape index (κ1) is 19.5. The van der Waals surface area contributed by atoms with Crippen LogP contribution in [0.25, 0.3) is 10.9 Å². The molecule has 4 rings (SSSR count). The fourth-order valence-corrected chi connectivity index (χ4v) is 4.45. The lowest BCUT2D eigenvalue weighted by molar-refractivity contribution is -0.120. The first-order chi connectivity index (χ1) is 14.0. The van der Waals surface area contributed by atoms with Gasteiger partial charge in [-0.25, -0.2) is 0 Å². The van der Waals surface area contributed by atoms with E-state index in [1.807, 2.05) is 19.2 Å². The van der Waals surface area contributed by atoms with E-state index in [0.717, 1.165) is 49.4 Å². The lowest BCUT2D eigenvalue weighted by Crippen LogP contribution is -2.39. The quantitative estimate of drug-likeness (QED) is 0.722. The molecule has 1 fully saturated rings. The van der Waals surface area contributed by atoms with E-state index in [4.69, 9.17) is 0 Å². The molecule has 3 aromatic rings. The maximum atomic E-state index is 12.5. The van der Waals surface area contributed by atoms with Crippen molar-refractivity contribution in [3.8, 4) is 0 Å². The van der Waals surface area contributed by atoms with E-state index in [1.165, 1.54) is 16.6 Å². The Morgan fingerprint density at radius 1 is 1.14 bits per heavy atom. The van der Waals surface area contributed by atoms with Gasteiger partial charge in [-0.1, -0.05) is 18.2 Å². The Labute approximate surface area is 172 Å². The number of nitrogens with one attached hydrogen (secondary N) is 1. The molecule has 0 atom stereocenters. The fourth-order valence-electron chi connectivity index (χ4n) is 4.45. The van der Waals surface area contributed by atoms with Gasteiger partial charge in [-0.05, 0) is 56.4 Å². The van der Waals surface area contributed by atoms with Crippen LogP contribution < -0.4 is 10.2 Å². The third kappa shape index (κ3) is 4.44. The first-order valence-electron chi connectivity index (χ1n) is 10.5. The number of rotatable bonds is 5. The Kier molecular flexibility index (Phi) is 5.56. The molecule has 5 heteroatoms. The van der Waals surface area contributed by atoms with Gasteiger partial charge in [0, 0.05) is 60.9 Å². The summed E-state index contributed by atoms with van der Waals surface area (Å²) in [5, 5.41) is 4.34. The normalized spacial score (nSPS) is 15.1. The minimum atomic E-state index is 0.115. The van der Waals surface area contributed by atoms with Gasteiger partial charge in [-0.15, -0.1) is 0 Å². The van der Waals surface area contributed by atoms with Crippen LogP contribution in [0.3, 0.4) is 0 Å². The Hall–Kier alpha value is -2.82. The summed E-state index contributed by atoms with van der Waals surface area (Å²) in [4.78, 5) is 19.4. The van der Waals surface area contributed by atoms with Crippen LogP contribution in [0, 0.1) is 19.8 Å². The molecule has 1 saturated heterocycles. The number of piperidine rings is 1. The van der Waals surface area contributed by atoms with Crippen LogP contribution >= 0.6 is 0 Å². The molecule has 3 heterocycles. The highest BCUT2D eigenvalue weighted by molar-refractivity contribution is 5.89. The minimum absolute atomic E-state index is 0.115. The number of amides is 1. The van der Waals surface area contributed by atoms with Crippen LogP contribution in [0.4, 0.5) is 5.69 Å². The molecule has 0 unspecified atom stereocenters. The number of pyridine rings is 1. The zero-order chi connectivity index (χ0) is 20.4. The number of hydrogen-bond donors (Lipinski definition) is 1. The van der Waals surface area contributed by atoms with E-state index in [2.05, 4.69) is 64.1 Å². The van der Waals surface area contributed by atoms with Crippen LogP contribution in [-0.4, -0.2) is 35.1 Å². The molecule has 0 spiro atoms. The van der Waals surface area contributed by atoms with Crippen molar-refractivity contribution in [2.75, 3.05) is 24.5 Å². The minimum Gasteiger partial charge on any atom is -0.371 e. The van der Waals surface area contributed by atoms with Gasteiger partial charge in [-0.2, -0.15) is 0 Å². The monoisotopic (exact) mass is 390 g/mol. The van der Waals surface area contributed by atoms with Gasteiger partial charge >= 0.3 is 0 Å². The summed E-state index contributed by atoms with van der Waals surface area (Å²) in [6, 6.07) is 12.6. The summed E-state index contributed by atoms with van der Waals surface area (Å²) in [6.45, 7) is 6.94. The highest BCUT2D eigenvalue weighted by atomic mass is 16.1. The molecule has 1 aliphatic heterocycles. The molecule has 5 nitrogen and oxygen atoms in total. The Morgan fingerprint density at radius 3 is 2.55 bits per heavy atom. The average molecular weight is 391 g/mol. The molecular weight excluding hydrogens is 360 g/mol. The zero-order valence-corrected chi connectivity index (χ0v) is 17.6. The average Bonchev–Trinajstić information content (AvgIpc) is 3.02. The van der Waals surface area contributed by atoms with Crippen molar-refractivity contribution < 1.29 is 4.79 Å². The van der Waals surface area contributed by atoms with Crippen LogP contribution in [0.15, 0.2) is 42.6 Å². The second-order valence-corrected chi connectivity index (χ2v) is 8.30. The van der Waals surface area contributed by atoms with Crippen LogP contribution in [-0.2, 0) is 18.3 Å². The largest absolute Gasteiger partial charge is 0.371 e. The van der Waals surface area contributed by atoms with E-state index < -0.39 is 0 Å². The van der Waals surface area contributed by atoms with E-state index in [-0.39, 0.29) is 5.91 Å². The molecular formula is C24H30N4O. The number of fused-ring (bicyclic) bond motifs is 1. The highest BCUT2D eigenvalue weighted by Crippen LogP contribution is 2.24. The van der Waals surface area contributed by atoms with Gasteiger partial charge < -0.3 is 14.8 Å². The lowest BCUT2D eigenvalue weighted by atomic mass is 9.96. The van der Waals surface area contributed by atoms with Gasteiger partial charge in [0.05, 0.1) is 6.42 Å². The molecule has 2 aromatic heterocycles. The number of aryl methyl sites for hydroxylation is 3. The summed E-state index contributed by atoms with van der Waals surface area (Å²) < 4.78 is 2.09. The van der Waals surface area contributed by atoms with Crippen molar-refractivity contribution in [1.82, 2.24) is 14.9 Å². The predicted molar refractivity (Wildman–Crippen MR) is 118 cm³/mol. The van der Waals surface area contributed by atoms with Crippen molar-refractivity contribution >= 4 is 22.5 Å². The lowest BCUT2D eigenvalue weighted by Gasteiger charge is -2.34. The third-order valence-corrected chi connectivity index (χ3v) is 5.96. The number of benzene rings is 1. The number of carbonyl (C=O) groups excluding carboxylic acids is 1. The topological polar surface area (TPSA) is 50.2 Å². The van der Waals surface area contributed by atoms with Crippen LogP contribution in [0.2, 0.25) is 0 Å². The molecule has 1 amide bonds. The molecule has 1 N–H and O–H groups in total. The standard InChI is InChI=1S/C24H30N4O/c1-17-12-21(13-18(2)26-17)28-10-8-19(9-11-28)15-25-24(29)14-20-16-27(3)23-7-5-4-6-22(20)23/h4-7,12-13,16,19H,8-11,14-15H2,1-3H3,(H,25,29). The third-order valence-electron chi connectivity index (χ3n) is 5.96. The number of anilines is 1. The molecule has 1 aromatic carbocycles. The van der Waals surface area contributed by atoms with Gasteiger partial charge in [0.1, 0.15) is 0 Å². The van der Waals surface area contributed by atoms with Gasteiger partial charge in [-0.3, -0.25) is 9.78 Å². The van der Waals surface area contributed by atoms with E-state index in [9.17, 15) is 4.79 Å². The number of carbonyl (C=O) groups is 1. The summed E-state index contributed by atoms with van der Waals surface area (Å²) in [5.74, 6) is 0.663. The van der Waals surface area contributed by atoms with Crippen molar-refractivity contribution in [2.45, 2.75) is 33.1 Å².